The van der Waals surface area contributed by atoms with Crippen LogP contribution in [-0.4, -0.2) is 4.98 Å². The monoisotopic (exact) mass is 163 g/mol. The summed E-state index contributed by atoms with van der Waals surface area (Å²) in [5.41, 5.74) is 1.47. The lowest BCUT2D eigenvalue weighted by molar-refractivity contribution is 0.503. The Morgan fingerprint density at radius 1 is 1.75 bits per heavy atom. The zero-order valence-electron chi connectivity index (χ0n) is 6.97. The van der Waals surface area contributed by atoms with Crippen molar-refractivity contribution < 1.29 is 4.42 Å². The molecule has 1 aromatic heterocycles. The SMILES string of the molecule is C#C/C=C(/C)c1oc(=O)[nH]c1C. The molecule has 0 radical (unpaired) electrons. The van der Waals surface area contributed by atoms with Crippen LogP contribution >= 0.6 is 0 Å². The fourth-order valence-corrected chi connectivity index (χ4v) is 0.971. The minimum Gasteiger partial charge on any atom is -0.408 e. The van der Waals surface area contributed by atoms with E-state index in [-0.39, 0.29) is 0 Å². The number of terminal acetylenes is 1. The molecule has 0 aliphatic heterocycles. The van der Waals surface area contributed by atoms with Crippen molar-refractivity contribution >= 4 is 5.57 Å². The van der Waals surface area contributed by atoms with Crippen LogP contribution in [0.5, 0.6) is 0 Å². The smallest absolute Gasteiger partial charge is 0.408 e. The summed E-state index contributed by atoms with van der Waals surface area (Å²) in [6.45, 7) is 3.55. The molecule has 0 aliphatic carbocycles. The van der Waals surface area contributed by atoms with Crippen molar-refractivity contribution in [1.29, 1.82) is 0 Å². The predicted molar refractivity (Wildman–Crippen MR) is 46.5 cm³/mol. The summed E-state index contributed by atoms with van der Waals surface area (Å²) in [7, 11) is 0. The van der Waals surface area contributed by atoms with Gasteiger partial charge in [0.05, 0.1) is 5.69 Å². The molecule has 3 nitrogen and oxygen atoms in total. The summed E-state index contributed by atoms with van der Waals surface area (Å²) in [6.07, 6.45) is 6.62. The third-order valence-electron chi connectivity index (χ3n) is 1.48. The maximum atomic E-state index is 10.7. The zero-order chi connectivity index (χ0) is 9.14. The van der Waals surface area contributed by atoms with Crippen LogP contribution < -0.4 is 5.76 Å². The molecule has 1 heterocycles. The van der Waals surface area contributed by atoms with Crippen LogP contribution in [0.3, 0.4) is 0 Å². The number of aromatic nitrogens is 1. The van der Waals surface area contributed by atoms with Gasteiger partial charge in [0.2, 0.25) is 0 Å². The van der Waals surface area contributed by atoms with Crippen molar-refractivity contribution in [3.8, 4) is 12.3 Å². The highest BCUT2D eigenvalue weighted by atomic mass is 16.4. The standard InChI is InChI=1S/C9H9NO2/c1-4-5-6(2)8-7(3)10-9(11)12-8/h1,5H,2-3H3,(H,10,11)/b6-5-. The first-order valence-corrected chi connectivity index (χ1v) is 3.48. The Bertz CT molecular complexity index is 401. The fourth-order valence-electron chi connectivity index (χ4n) is 0.971. The summed E-state index contributed by atoms with van der Waals surface area (Å²) < 4.78 is 4.85. The number of oxazole rings is 1. The highest BCUT2D eigenvalue weighted by molar-refractivity contribution is 5.63. The first kappa shape index (κ1) is 8.41. The molecule has 0 saturated carbocycles. The van der Waals surface area contributed by atoms with Gasteiger partial charge in [0.1, 0.15) is 0 Å². The molecular weight excluding hydrogens is 154 g/mol. The summed E-state index contributed by atoms with van der Waals surface area (Å²) in [6, 6.07) is 0. The van der Waals surface area contributed by atoms with Crippen molar-refractivity contribution in [3.05, 3.63) is 28.1 Å². The molecular formula is C9H9NO2. The fraction of sp³-hybridized carbons (Fsp3) is 0.222. The lowest BCUT2D eigenvalue weighted by Gasteiger charge is -1.92. The van der Waals surface area contributed by atoms with E-state index in [0.29, 0.717) is 11.5 Å². The third kappa shape index (κ3) is 1.48. The molecule has 12 heavy (non-hydrogen) atoms. The molecule has 3 heteroatoms. The number of H-pyrrole nitrogens is 1. The van der Waals surface area contributed by atoms with E-state index >= 15 is 0 Å². The summed E-state index contributed by atoms with van der Waals surface area (Å²) in [4.78, 5) is 13.2. The molecule has 0 saturated heterocycles. The second-order valence-corrected chi connectivity index (χ2v) is 2.46. The maximum Gasteiger partial charge on any atom is 0.417 e. The Kier molecular flexibility index (Phi) is 2.20. The van der Waals surface area contributed by atoms with Gasteiger partial charge in [-0.25, -0.2) is 4.79 Å². The molecule has 0 bridgehead atoms. The number of hydrogen-bond acceptors (Lipinski definition) is 2. The average Bonchev–Trinajstić information content (AvgIpc) is 2.30. The number of aryl methyl sites for hydroxylation is 1. The molecule has 0 fully saturated rings. The van der Waals surface area contributed by atoms with Crippen LogP contribution in [0.2, 0.25) is 0 Å². The van der Waals surface area contributed by atoms with E-state index in [0.717, 1.165) is 5.57 Å². The minimum absolute atomic E-state index is 0.452. The molecule has 0 aliphatic rings. The van der Waals surface area contributed by atoms with Gasteiger partial charge in [0.25, 0.3) is 0 Å². The van der Waals surface area contributed by atoms with Crippen molar-refractivity contribution in [2.75, 3.05) is 0 Å². The Balaban J connectivity index is 3.21. The quantitative estimate of drug-likeness (QED) is 0.634. The molecule has 0 aromatic carbocycles. The largest absolute Gasteiger partial charge is 0.417 e. The number of aromatic amines is 1. The van der Waals surface area contributed by atoms with E-state index in [4.69, 9.17) is 10.8 Å². The highest BCUT2D eigenvalue weighted by Crippen LogP contribution is 2.13. The first-order valence-electron chi connectivity index (χ1n) is 3.48. The van der Waals surface area contributed by atoms with E-state index in [1.807, 2.05) is 0 Å². The predicted octanol–water partition coefficient (Wildman–Crippen LogP) is 1.31. The van der Waals surface area contributed by atoms with Crippen molar-refractivity contribution in [2.24, 2.45) is 0 Å². The summed E-state index contributed by atoms with van der Waals surface area (Å²) in [5.74, 6) is 2.44. The van der Waals surface area contributed by atoms with Gasteiger partial charge in [-0.15, -0.1) is 6.42 Å². The van der Waals surface area contributed by atoms with Crippen LogP contribution in [0.1, 0.15) is 18.4 Å². The van der Waals surface area contributed by atoms with E-state index in [1.165, 1.54) is 0 Å². The molecule has 1 aromatic rings. The van der Waals surface area contributed by atoms with Crippen molar-refractivity contribution in [3.63, 3.8) is 0 Å². The zero-order valence-corrected chi connectivity index (χ0v) is 6.97. The van der Waals surface area contributed by atoms with Gasteiger partial charge >= 0.3 is 5.76 Å². The molecule has 0 atom stereocenters. The Morgan fingerprint density at radius 2 is 2.42 bits per heavy atom. The second-order valence-electron chi connectivity index (χ2n) is 2.46. The molecule has 0 spiro atoms. The van der Waals surface area contributed by atoms with E-state index in [1.54, 1.807) is 19.9 Å². The van der Waals surface area contributed by atoms with E-state index < -0.39 is 5.76 Å². The maximum absolute atomic E-state index is 10.7. The lowest BCUT2D eigenvalue weighted by atomic mass is 10.2. The van der Waals surface area contributed by atoms with Gasteiger partial charge in [-0.05, 0) is 19.9 Å². The number of hydrogen-bond donors (Lipinski definition) is 1. The third-order valence-corrected chi connectivity index (χ3v) is 1.48. The van der Waals surface area contributed by atoms with Crippen molar-refractivity contribution in [1.82, 2.24) is 4.98 Å². The molecule has 1 rings (SSSR count). The molecule has 62 valence electrons. The Labute approximate surface area is 70.1 Å². The van der Waals surface area contributed by atoms with E-state index in [9.17, 15) is 4.79 Å². The highest BCUT2D eigenvalue weighted by Gasteiger charge is 2.05. The molecule has 0 unspecified atom stereocenters. The Morgan fingerprint density at radius 3 is 2.83 bits per heavy atom. The van der Waals surface area contributed by atoms with Crippen LogP contribution in [0, 0.1) is 19.3 Å². The van der Waals surface area contributed by atoms with E-state index in [2.05, 4.69) is 10.9 Å². The van der Waals surface area contributed by atoms with Crippen molar-refractivity contribution in [2.45, 2.75) is 13.8 Å². The molecule has 0 amide bonds. The van der Waals surface area contributed by atoms with Crippen LogP contribution in [0.15, 0.2) is 15.3 Å². The minimum atomic E-state index is -0.452. The Hall–Kier alpha value is -1.69. The van der Waals surface area contributed by atoms with Gasteiger partial charge in [-0.1, -0.05) is 5.92 Å². The normalized spacial score (nSPS) is 11.2. The van der Waals surface area contributed by atoms with Crippen LogP contribution in [-0.2, 0) is 0 Å². The number of allylic oxidation sites excluding steroid dienone is 2. The topological polar surface area (TPSA) is 46.0 Å². The lowest BCUT2D eigenvalue weighted by Crippen LogP contribution is -1.94. The van der Waals surface area contributed by atoms with Crippen LogP contribution in [0.25, 0.3) is 5.57 Å². The van der Waals surface area contributed by atoms with Gasteiger partial charge in [-0.2, -0.15) is 0 Å². The number of rotatable bonds is 1. The van der Waals surface area contributed by atoms with Crippen LogP contribution in [0.4, 0.5) is 0 Å². The summed E-state index contributed by atoms with van der Waals surface area (Å²) >= 11 is 0. The van der Waals surface area contributed by atoms with Gasteiger partial charge < -0.3 is 4.42 Å². The van der Waals surface area contributed by atoms with Gasteiger partial charge in [-0.3, -0.25) is 4.98 Å². The second kappa shape index (κ2) is 3.14. The number of nitrogens with one attached hydrogen (secondary N) is 1. The average molecular weight is 163 g/mol. The van der Waals surface area contributed by atoms with Gasteiger partial charge in [0, 0.05) is 5.57 Å². The molecule has 1 N–H and O–H groups in total. The first-order chi connectivity index (χ1) is 5.65. The summed E-state index contributed by atoms with van der Waals surface area (Å²) in [5, 5.41) is 0. The van der Waals surface area contributed by atoms with Gasteiger partial charge in [0.15, 0.2) is 5.76 Å².